The van der Waals surface area contributed by atoms with E-state index in [1.807, 2.05) is 12.1 Å². The van der Waals surface area contributed by atoms with E-state index in [9.17, 15) is 5.11 Å². The molecule has 0 radical (unpaired) electrons. The molecule has 0 bridgehead atoms. The molecule has 16 heavy (non-hydrogen) atoms. The molecule has 1 unspecified atom stereocenters. The zero-order valence-corrected chi connectivity index (χ0v) is 9.47. The molecular weight excluding hydrogens is 202 g/mol. The Morgan fingerprint density at radius 1 is 1.44 bits per heavy atom. The molecule has 1 aromatic heterocycles. The molecule has 0 aromatic carbocycles. The minimum atomic E-state index is -0.411. The van der Waals surface area contributed by atoms with Gasteiger partial charge < -0.3 is 10.8 Å². The molecule has 1 aliphatic rings. The Morgan fingerprint density at radius 3 is 2.88 bits per heavy atom. The van der Waals surface area contributed by atoms with Gasteiger partial charge in [0, 0.05) is 25.5 Å². The summed E-state index contributed by atoms with van der Waals surface area (Å²) < 4.78 is 0. The second-order valence-electron chi connectivity index (χ2n) is 4.69. The molecule has 1 atom stereocenters. The molecule has 0 amide bonds. The second-order valence-corrected chi connectivity index (χ2v) is 4.69. The van der Waals surface area contributed by atoms with E-state index in [1.165, 1.54) is 5.56 Å². The van der Waals surface area contributed by atoms with Crippen LogP contribution >= 0.6 is 0 Å². The van der Waals surface area contributed by atoms with Gasteiger partial charge in [-0.25, -0.2) is 0 Å². The van der Waals surface area contributed by atoms with Crippen LogP contribution in [0.15, 0.2) is 24.5 Å². The van der Waals surface area contributed by atoms with E-state index in [0.717, 1.165) is 32.5 Å². The van der Waals surface area contributed by atoms with Crippen molar-refractivity contribution in [3.63, 3.8) is 0 Å². The van der Waals surface area contributed by atoms with Crippen molar-refractivity contribution >= 4 is 0 Å². The fourth-order valence-electron chi connectivity index (χ4n) is 2.27. The smallest absolute Gasteiger partial charge is 0.0623 e. The maximum absolute atomic E-state index is 9.27. The topological polar surface area (TPSA) is 62.4 Å². The highest BCUT2D eigenvalue weighted by Crippen LogP contribution is 2.19. The third kappa shape index (κ3) is 2.78. The molecule has 1 fully saturated rings. The van der Waals surface area contributed by atoms with Crippen LogP contribution < -0.4 is 5.73 Å². The van der Waals surface area contributed by atoms with Gasteiger partial charge in [0.1, 0.15) is 0 Å². The Labute approximate surface area is 96.1 Å². The van der Waals surface area contributed by atoms with E-state index in [1.54, 1.807) is 12.4 Å². The number of aliphatic hydroxyl groups is 1. The van der Waals surface area contributed by atoms with Gasteiger partial charge in [0.2, 0.25) is 0 Å². The zero-order chi connectivity index (χ0) is 11.4. The fraction of sp³-hybridized carbons (Fsp3) is 0.583. The van der Waals surface area contributed by atoms with Crippen LogP contribution in [0.3, 0.4) is 0 Å². The summed E-state index contributed by atoms with van der Waals surface area (Å²) in [5.74, 6) is 0. The lowest BCUT2D eigenvalue weighted by atomic mass is 9.91. The molecular formula is C12H19N3O. The first-order chi connectivity index (χ1) is 7.72. The third-order valence-corrected chi connectivity index (χ3v) is 3.16. The average molecular weight is 221 g/mol. The highest BCUT2D eigenvalue weighted by Gasteiger charge is 2.30. The lowest BCUT2D eigenvalue weighted by Gasteiger charge is -2.39. The number of hydrogen-bond donors (Lipinski definition) is 2. The largest absolute Gasteiger partial charge is 0.394 e. The van der Waals surface area contributed by atoms with Crippen molar-refractivity contribution in [3.05, 3.63) is 30.1 Å². The molecule has 3 N–H and O–H groups in total. The summed E-state index contributed by atoms with van der Waals surface area (Å²) >= 11 is 0. The van der Waals surface area contributed by atoms with Crippen LogP contribution in [0.5, 0.6) is 0 Å². The molecule has 1 aliphatic heterocycles. The SMILES string of the molecule is NC1(CO)CCCN(Cc2ccncc2)C1. The average Bonchev–Trinajstić information content (AvgIpc) is 2.30. The van der Waals surface area contributed by atoms with E-state index in [0.29, 0.717) is 0 Å². The molecule has 1 saturated heterocycles. The van der Waals surface area contributed by atoms with Crippen LogP contribution in [0.2, 0.25) is 0 Å². The maximum atomic E-state index is 9.27. The Balaban J connectivity index is 1.96. The molecule has 0 spiro atoms. The quantitative estimate of drug-likeness (QED) is 0.774. The predicted octanol–water partition coefficient (Wildman–Crippen LogP) is 0.367. The minimum absolute atomic E-state index is 0.0693. The maximum Gasteiger partial charge on any atom is 0.0623 e. The van der Waals surface area contributed by atoms with Gasteiger partial charge in [-0.15, -0.1) is 0 Å². The van der Waals surface area contributed by atoms with E-state index < -0.39 is 5.54 Å². The van der Waals surface area contributed by atoms with Crippen LogP contribution in [0.25, 0.3) is 0 Å². The number of hydrogen-bond acceptors (Lipinski definition) is 4. The zero-order valence-electron chi connectivity index (χ0n) is 9.47. The first kappa shape index (κ1) is 11.5. The number of likely N-dealkylation sites (tertiary alicyclic amines) is 1. The summed E-state index contributed by atoms with van der Waals surface area (Å²) in [6.07, 6.45) is 5.58. The molecule has 2 heterocycles. The summed E-state index contributed by atoms with van der Waals surface area (Å²) in [5, 5.41) is 9.27. The van der Waals surface area contributed by atoms with Crippen LogP contribution in [-0.2, 0) is 6.54 Å². The summed E-state index contributed by atoms with van der Waals surface area (Å²) in [7, 11) is 0. The van der Waals surface area contributed by atoms with Crippen LogP contribution in [-0.4, -0.2) is 40.2 Å². The van der Waals surface area contributed by atoms with Gasteiger partial charge in [-0.05, 0) is 37.1 Å². The van der Waals surface area contributed by atoms with Gasteiger partial charge in [-0.3, -0.25) is 9.88 Å². The van der Waals surface area contributed by atoms with Crippen molar-refractivity contribution in [2.45, 2.75) is 24.9 Å². The lowest BCUT2D eigenvalue weighted by Crippen LogP contribution is -2.56. The van der Waals surface area contributed by atoms with Crippen LogP contribution in [0.1, 0.15) is 18.4 Å². The lowest BCUT2D eigenvalue weighted by molar-refractivity contribution is 0.0901. The Morgan fingerprint density at radius 2 is 2.19 bits per heavy atom. The molecule has 4 nitrogen and oxygen atoms in total. The number of pyridine rings is 1. The number of aliphatic hydroxyl groups excluding tert-OH is 1. The Bertz CT molecular complexity index is 330. The van der Waals surface area contributed by atoms with Gasteiger partial charge >= 0.3 is 0 Å². The van der Waals surface area contributed by atoms with Crippen molar-refractivity contribution in [3.8, 4) is 0 Å². The summed E-state index contributed by atoms with van der Waals surface area (Å²) in [4.78, 5) is 6.30. The molecule has 4 heteroatoms. The van der Waals surface area contributed by atoms with Crippen LogP contribution in [0, 0.1) is 0 Å². The van der Waals surface area contributed by atoms with Gasteiger partial charge in [0.15, 0.2) is 0 Å². The number of nitrogens with zero attached hydrogens (tertiary/aromatic N) is 2. The predicted molar refractivity (Wildman–Crippen MR) is 62.8 cm³/mol. The number of piperidine rings is 1. The van der Waals surface area contributed by atoms with Gasteiger partial charge in [-0.1, -0.05) is 0 Å². The van der Waals surface area contributed by atoms with E-state index in [4.69, 9.17) is 5.73 Å². The van der Waals surface area contributed by atoms with Gasteiger partial charge in [-0.2, -0.15) is 0 Å². The van der Waals surface area contributed by atoms with E-state index in [2.05, 4.69) is 9.88 Å². The Kier molecular flexibility index (Phi) is 3.53. The number of rotatable bonds is 3. The third-order valence-electron chi connectivity index (χ3n) is 3.16. The highest BCUT2D eigenvalue weighted by molar-refractivity contribution is 5.10. The number of aromatic nitrogens is 1. The normalized spacial score (nSPS) is 26.9. The second kappa shape index (κ2) is 4.91. The molecule has 2 rings (SSSR count). The summed E-state index contributed by atoms with van der Waals surface area (Å²) in [6, 6.07) is 4.04. The molecule has 0 aliphatic carbocycles. The number of nitrogens with two attached hydrogens (primary N) is 1. The molecule has 1 aromatic rings. The first-order valence-corrected chi connectivity index (χ1v) is 5.73. The van der Waals surface area contributed by atoms with Crippen molar-refractivity contribution in [1.29, 1.82) is 0 Å². The standard InChI is InChI=1S/C12H19N3O/c13-12(10-16)4-1-7-15(9-12)8-11-2-5-14-6-3-11/h2-3,5-6,16H,1,4,7-10,13H2. The highest BCUT2D eigenvalue weighted by atomic mass is 16.3. The monoisotopic (exact) mass is 221 g/mol. The molecule has 88 valence electrons. The van der Waals surface area contributed by atoms with E-state index in [-0.39, 0.29) is 6.61 Å². The van der Waals surface area contributed by atoms with E-state index >= 15 is 0 Å². The van der Waals surface area contributed by atoms with Crippen molar-refractivity contribution in [2.24, 2.45) is 5.73 Å². The van der Waals surface area contributed by atoms with Crippen molar-refractivity contribution < 1.29 is 5.11 Å². The van der Waals surface area contributed by atoms with Gasteiger partial charge in [0.25, 0.3) is 0 Å². The first-order valence-electron chi connectivity index (χ1n) is 5.73. The Hall–Kier alpha value is -0.970. The van der Waals surface area contributed by atoms with Crippen molar-refractivity contribution in [1.82, 2.24) is 9.88 Å². The minimum Gasteiger partial charge on any atom is -0.394 e. The summed E-state index contributed by atoms with van der Waals surface area (Å²) in [5.41, 5.74) is 6.93. The van der Waals surface area contributed by atoms with Gasteiger partial charge in [0.05, 0.1) is 12.1 Å². The molecule has 0 saturated carbocycles. The summed E-state index contributed by atoms with van der Waals surface area (Å²) in [6.45, 7) is 2.79. The fourth-order valence-corrected chi connectivity index (χ4v) is 2.27. The van der Waals surface area contributed by atoms with Crippen molar-refractivity contribution in [2.75, 3.05) is 19.7 Å². The van der Waals surface area contributed by atoms with Crippen LogP contribution in [0.4, 0.5) is 0 Å².